The molecule has 1 amide bonds. The third-order valence-electron chi connectivity index (χ3n) is 4.40. The van der Waals surface area contributed by atoms with E-state index >= 15 is 0 Å². The van der Waals surface area contributed by atoms with Crippen molar-refractivity contribution in [2.75, 3.05) is 12.4 Å². The number of methoxy groups -OCH3 is 1. The molecule has 1 heterocycles. The zero-order chi connectivity index (χ0) is 20.1. The second-order valence-electron chi connectivity index (χ2n) is 6.49. The highest BCUT2D eigenvalue weighted by atomic mass is 19.2. The Morgan fingerprint density at radius 2 is 1.82 bits per heavy atom. The predicted molar refractivity (Wildman–Crippen MR) is 102 cm³/mol. The number of aromatic nitrogens is 2. The Kier molecular flexibility index (Phi) is 6.16. The van der Waals surface area contributed by atoms with Gasteiger partial charge in [0.1, 0.15) is 0 Å². The van der Waals surface area contributed by atoms with E-state index in [0.717, 1.165) is 23.3 Å². The minimum atomic E-state index is -0.899. The van der Waals surface area contributed by atoms with E-state index in [1.807, 2.05) is 31.2 Å². The van der Waals surface area contributed by atoms with Crippen molar-refractivity contribution >= 4 is 11.7 Å². The van der Waals surface area contributed by atoms with E-state index in [2.05, 4.69) is 10.4 Å². The first-order valence-electron chi connectivity index (χ1n) is 8.83. The molecule has 0 radical (unpaired) electrons. The zero-order valence-corrected chi connectivity index (χ0v) is 15.7. The summed E-state index contributed by atoms with van der Waals surface area (Å²) in [6, 6.07) is 13.0. The third kappa shape index (κ3) is 5.01. The topological polar surface area (TPSA) is 56.1 Å². The Labute approximate surface area is 161 Å². The summed E-state index contributed by atoms with van der Waals surface area (Å²) in [5.41, 5.74) is 2.50. The highest BCUT2D eigenvalue weighted by molar-refractivity contribution is 5.91. The molecule has 3 rings (SSSR count). The van der Waals surface area contributed by atoms with Crippen LogP contribution in [0.4, 0.5) is 14.6 Å². The first kappa shape index (κ1) is 19.7. The van der Waals surface area contributed by atoms with E-state index in [1.165, 1.54) is 6.07 Å². The second kappa shape index (κ2) is 8.75. The van der Waals surface area contributed by atoms with Gasteiger partial charge in [-0.15, -0.1) is 0 Å². The van der Waals surface area contributed by atoms with Crippen LogP contribution >= 0.6 is 0 Å². The molecule has 5 nitrogen and oxygen atoms in total. The maximum absolute atomic E-state index is 13.3. The molecule has 0 fully saturated rings. The average Bonchev–Trinajstić information content (AvgIpc) is 3.11. The molecule has 1 atom stereocenters. The molecule has 3 aromatic rings. The number of amides is 1. The Morgan fingerprint density at radius 3 is 2.50 bits per heavy atom. The van der Waals surface area contributed by atoms with Crippen LogP contribution in [0.25, 0.3) is 0 Å². The van der Waals surface area contributed by atoms with Crippen molar-refractivity contribution in [3.8, 4) is 0 Å². The molecule has 1 N–H and O–H groups in total. The van der Waals surface area contributed by atoms with Crippen molar-refractivity contribution in [3.05, 3.63) is 83.1 Å². The molecule has 0 aliphatic carbocycles. The SMILES string of the molecule is COC(C)c1ccc(CC(=O)Nc2ccn(Cc3ccc(F)c(F)c3)n2)cc1. The summed E-state index contributed by atoms with van der Waals surface area (Å²) in [5, 5.41) is 6.98. The Morgan fingerprint density at radius 1 is 1.11 bits per heavy atom. The van der Waals surface area contributed by atoms with Gasteiger partial charge in [-0.2, -0.15) is 5.10 Å². The molecule has 0 spiro atoms. The van der Waals surface area contributed by atoms with Crippen LogP contribution in [0.1, 0.15) is 29.7 Å². The molecule has 28 heavy (non-hydrogen) atoms. The van der Waals surface area contributed by atoms with Gasteiger partial charge in [0, 0.05) is 19.4 Å². The number of halogens is 2. The first-order valence-corrected chi connectivity index (χ1v) is 8.83. The van der Waals surface area contributed by atoms with Crippen LogP contribution in [-0.4, -0.2) is 22.8 Å². The number of nitrogens with zero attached hydrogens (tertiary/aromatic N) is 2. The Hall–Kier alpha value is -3.06. The van der Waals surface area contributed by atoms with Crippen LogP contribution in [-0.2, 0) is 22.5 Å². The molecule has 0 aliphatic heterocycles. The maximum Gasteiger partial charge on any atom is 0.229 e. The monoisotopic (exact) mass is 385 g/mol. The average molecular weight is 385 g/mol. The second-order valence-corrected chi connectivity index (χ2v) is 6.49. The van der Waals surface area contributed by atoms with Gasteiger partial charge in [0.25, 0.3) is 0 Å². The van der Waals surface area contributed by atoms with Crippen LogP contribution < -0.4 is 5.32 Å². The van der Waals surface area contributed by atoms with E-state index < -0.39 is 11.6 Å². The summed E-state index contributed by atoms with van der Waals surface area (Å²) in [4.78, 5) is 12.2. The number of carbonyl (C=O) groups is 1. The number of nitrogens with one attached hydrogen (secondary N) is 1. The van der Waals surface area contributed by atoms with Gasteiger partial charge in [0.2, 0.25) is 5.91 Å². The fourth-order valence-corrected chi connectivity index (χ4v) is 2.76. The van der Waals surface area contributed by atoms with Gasteiger partial charge in [-0.25, -0.2) is 8.78 Å². The summed E-state index contributed by atoms with van der Waals surface area (Å²) in [5.74, 6) is -1.58. The number of ether oxygens (including phenoxy) is 1. The lowest BCUT2D eigenvalue weighted by Gasteiger charge is -2.10. The number of rotatable bonds is 7. The number of anilines is 1. The molecular formula is C21H21F2N3O2. The van der Waals surface area contributed by atoms with Crippen molar-refractivity contribution in [2.24, 2.45) is 0 Å². The van der Waals surface area contributed by atoms with Gasteiger partial charge in [0.15, 0.2) is 17.5 Å². The maximum atomic E-state index is 13.3. The zero-order valence-electron chi connectivity index (χ0n) is 15.7. The number of hydrogen-bond donors (Lipinski definition) is 1. The van der Waals surface area contributed by atoms with E-state index in [0.29, 0.717) is 11.4 Å². The van der Waals surface area contributed by atoms with E-state index in [1.54, 1.807) is 24.1 Å². The molecule has 7 heteroatoms. The van der Waals surface area contributed by atoms with E-state index in [4.69, 9.17) is 4.74 Å². The van der Waals surface area contributed by atoms with Gasteiger partial charge in [-0.3, -0.25) is 9.48 Å². The third-order valence-corrected chi connectivity index (χ3v) is 4.40. The van der Waals surface area contributed by atoms with Crippen LogP contribution in [0.15, 0.2) is 54.7 Å². The van der Waals surface area contributed by atoms with Crippen molar-refractivity contribution in [3.63, 3.8) is 0 Å². The standard InChI is InChI=1S/C21H21F2N3O2/c1-14(28-2)17-6-3-15(4-7-17)12-21(27)24-20-9-10-26(25-20)13-16-5-8-18(22)19(23)11-16/h3-11,14H,12-13H2,1-2H3,(H,24,25,27). The van der Waals surface area contributed by atoms with Gasteiger partial charge < -0.3 is 10.1 Å². The number of benzene rings is 2. The van der Waals surface area contributed by atoms with Crippen LogP contribution in [0, 0.1) is 11.6 Å². The van der Waals surface area contributed by atoms with E-state index in [9.17, 15) is 13.6 Å². The lowest BCUT2D eigenvalue weighted by molar-refractivity contribution is -0.115. The lowest BCUT2D eigenvalue weighted by atomic mass is 10.1. The largest absolute Gasteiger partial charge is 0.377 e. The molecule has 146 valence electrons. The van der Waals surface area contributed by atoms with Crippen molar-refractivity contribution in [1.82, 2.24) is 9.78 Å². The fourth-order valence-electron chi connectivity index (χ4n) is 2.76. The summed E-state index contributed by atoms with van der Waals surface area (Å²) in [6.45, 7) is 2.23. The number of carbonyl (C=O) groups excluding carboxylic acids is 1. The van der Waals surface area contributed by atoms with Crippen LogP contribution in [0.3, 0.4) is 0 Å². The predicted octanol–water partition coefficient (Wildman–Crippen LogP) is 4.10. The molecule has 0 saturated heterocycles. The number of hydrogen-bond acceptors (Lipinski definition) is 3. The molecule has 0 saturated carbocycles. The van der Waals surface area contributed by atoms with Crippen molar-refractivity contribution in [2.45, 2.75) is 26.0 Å². The molecule has 0 bridgehead atoms. The first-order chi connectivity index (χ1) is 13.4. The Bertz CT molecular complexity index is 955. The minimum absolute atomic E-state index is 0.00132. The summed E-state index contributed by atoms with van der Waals surface area (Å²) in [7, 11) is 1.65. The molecule has 0 aliphatic rings. The lowest BCUT2D eigenvalue weighted by Crippen LogP contribution is -2.15. The van der Waals surface area contributed by atoms with Gasteiger partial charge in [-0.05, 0) is 35.7 Å². The molecule has 1 aromatic heterocycles. The van der Waals surface area contributed by atoms with Crippen molar-refractivity contribution in [1.29, 1.82) is 0 Å². The van der Waals surface area contributed by atoms with Crippen LogP contribution in [0.2, 0.25) is 0 Å². The molecule has 2 aromatic carbocycles. The fraction of sp³-hybridized carbons (Fsp3) is 0.238. The Balaban J connectivity index is 1.57. The summed E-state index contributed by atoms with van der Waals surface area (Å²) >= 11 is 0. The summed E-state index contributed by atoms with van der Waals surface area (Å²) in [6.07, 6.45) is 1.89. The molecular weight excluding hydrogens is 364 g/mol. The van der Waals surface area contributed by atoms with Crippen molar-refractivity contribution < 1.29 is 18.3 Å². The van der Waals surface area contributed by atoms with Gasteiger partial charge in [0.05, 0.1) is 19.1 Å². The van der Waals surface area contributed by atoms with Crippen LogP contribution in [0.5, 0.6) is 0 Å². The highest BCUT2D eigenvalue weighted by Crippen LogP contribution is 2.17. The quantitative estimate of drug-likeness (QED) is 0.666. The van der Waals surface area contributed by atoms with Gasteiger partial charge >= 0.3 is 0 Å². The van der Waals surface area contributed by atoms with E-state index in [-0.39, 0.29) is 25.0 Å². The normalized spacial score (nSPS) is 12.0. The minimum Gasteiger partial charge on any atom is -0.377 e. The highest BCUT2D eigenvalue weighted by Gasteiger charge is 2.09. The summed E-state index contributed by atoms with van der Waals surface area (Å²) < 4.78 is 33.1. The van der Waals surface area contributed by atoms with Gasteiger partial charge in [-0.1, -0.05) is 30.3 Å². The molecule has 1 unspecified atom stereocenters. The smallest absolute Gasteiger partial charge is 0.229 e.